The molecule has 42 heavy (non-hydrogen) atoms. The minimum Gasteiger partial charge on any atom is -0.460 e. The first-order valence-electron chi connectivity index (χ1n) is 13.1. The predicted octanol–water partition coefficient (Wildman–Crippen LogP) is 6.68. The fraction of sp³-hybridized carbons (Fsp3) is 0.125. The molecule has 0 fully saturated rings. The number of likely N-dealkylation sites (N-methyl/N-ethyl adjacent to an activating group) is 2. The van der Waals surface area contributed by atoms with Crippen LogP contribution in [0.2, 0.25) is 0 Å². The number of para-hydroxylation sites is 4. The fourth-order valence-corrected chi connectivity index (χ4v) is 5.49. The first kappa shape index (κ1) is 28.7. The molecule has 6 rings (SSSR count). The van der Waals surface area contributed by atoms with E-state index in [1.165, 1.54) is 22.7 Å². The Morgan fingerprint density at radius 2 is 0.929 bits per heavy atom. The van der Waals surface area contributed by atoms with Gasteiger partial charge in [-0.25, -0.2) is 9.97 Å². The zero-order valence-electron chi connectivity index (χ0n) is 23.0. The molecule has 0 saturated heterocycles. The molecule has 0 saturated carbocycles. The van der Waals surface area contributed by atoms with Gasteiger partial charge >= 0.3 is 0 Å². The van der Waals surface area contributed by atoms with Gasteiger partial charge in [-0.3, -0.25) is 9.59 Å². The highest BCUT2D eigenvalue weighted by Crippen LogP contribution is 2.28. The van der Waals surface area contributed by atoms with Crippen LogP contribution in [0.3, 0.4) is 0 Å². The van der Waals surface area contributed by atoms with Gasteiger partial charge in [0.05, 0.1) is 20.4 Å². The molecule has 0 N–H and O–H groups in total. The van der Waals surface area contributed by atoms with E-state index >= 15 is 0 Å². The number of nitrogens with zero attached hydrogens (tertiary/aromatic N) is 4. The van der Waals surface area contributed by atoms with Crippen LogP contribution in [0.15, 0.2) is 109 Å². The summed E-state index contributed by atoms with van der Waals surface area (Å²) in [5.74, 6) is -0.221. The Kier molecular flexibility index (Phi) is 9.37. The van der Waals surface area contributed by atoms with Gasteiger partial charge in [-0.15, -0.1) is 0 Å². The van der Waals surface area contributed by atoms with E-state index in [4.69, 9.17) is 9.47 Å². The van der Waals surface area contributed by atoms with E-state index < -0.39 is 0 Å². The van der Waals surface area contributed by atoms with Crippen LogP contribution in [0.25, 0.3) is 20.4 Å². The van der Waals surface area contributed by atoms with Gasteiger partial charge in [0.25, 0.3) is 22.2 Å². The smallest absolute Gasteiger partial charge is 0.274 e. The molecule has 212 valence electrons. The van der Waals surface area contributed by atoms with Gasteiger partial charge in [-0.2, -0.15) is 0 Å². The summed E-state index contributed by atoms with van der Waals surface area (Å²) in [7, 11) is 3.47. The molecule has 2 heterocycles. The molecule has 0 bridgehead atoms. The van der Waals surface area contributed by atoms with Crippen LogP contribution in [0.5, 0.6) is 10.4 Å². The van der Waals surface area contributed by atoms with Crippen molar-refractivity contribution >= 4 is 66.3 Å². The first-order chi connectivity index (χ1) is 20.5. The Bertz CT molecular complexity index is 1580. The normalized spacial score (nSPS) is 10.5. The second kappa shape index (κ2) is 13.7. The van der Waals surface area contributed by atoms with Crippen molar-refractivity contribution in [2.45, 2.75) is 0 Å². The number of fused-ring (bicyclic) bond motifs is 2. The van der Waals surface area contributed by atoms with Crippen LogP contribution >= 0.6 is 22.7 Å². The number of carbonyl (C=O) groups excluding carboxylic acids is 2. The first-order valence-corrected chi connectivity index (χ1v) is 14.7. The van der Waals surface area contributed by atoms with Crippen molar-refractivity contribution in [1.29, 1.82) is 0 Å². The van der Waals surface area contributed by atoms with Gasteiger partial charge in [0, 0.05) is 25.5 Å². The van der Waals surface area contributed by atoms with E-state index in [0.29, 0.717) is 10.4 Å². The van der Waals surface area contributed by atoms with Crippen molar-refractivity contribution in [2.24, 2.45) is 0 Å². The summed E-state index contributed by atoms with van der Waals surface area (Å²) >= 11 is 2.89. The molecule has 6 aromatic rings. The molecule has 0 aliphatic carbocycles. The second-order valence-corrected chi connectivity index (χ2v) is 11.0. The van der Waals surface area contributed by atoms with Gasteiger partial charge < -0.3 is 19.3 Å². The molecule has 10 heteroatoms. The summed E-state index contributed by atoms with van der Waals surface area (Å²) < 4.78 is 13.1. The van der Waals surface area contributed by atoms with Crippen molar-refractivity contribution in [3.63, 3.8) is 0 Å². The maximum Gasteiger partial charge on any atom is 0.274 e. The average Bonchev–Trinajstić information content (AvgIpc) is 3.66. The molecule has 4 aromatic carbocycles. The minimum absolute atomic E-state index is 0.0226. The van der Waals surface area contributed by atoms with Gasteiger partial charge in [-0.05, 0) is 48.5 Å². The van der Waals surface area contributed by atoms with Gasteiger partial charge in [0.15, 0.2) is 13.2 Å². The molecule has 0 radical (unpaired) electrons. The third-order valence-corrected chi connectivity index (χ3v) is 8.12. The van der Waals surface area contributed by atoms with E-state index in [9.17, 15) is 9.59 Å². The number of aromatic nitrogens is 2. The Morgan fingerprint density at radius 3 is 1.31 bits per heavy atom. The Hall–Kier alpha value is -4.80. The van der Waals surface area contributed by atoms with E-state index in [1.54, 1.807) is 23.9 Å². The van der Waals surface area contributed by atoms with Crippen molar-refractivity contribution in [1.82, 2.24) is 9.97 Å². The van der Waals surface area contributed by atoms with E-state index in [-0.39, 0.29) is 25.0 Å². The standard InChI is InChI=1S/2C16H14N2O2S/c2*1-18(12-7-3-2-4-8-12)15(19)11-20-16-17-13-9-5-6-10-14(13)21-16/h2*2-10H,11H2,1H3. The maximum absolute atomic E-state index is 12.1. The third-order valence-electron chi connectivity index (χ3n) is 6.22. The zero-order valence-corrected chi connectivity index (χ0v) is 24.7. The summed E-state index contributed by atoms with van der Waals surface area (Å²) in [5.41, 5.74) is 3.47. The van der Waals surface area contributed by atoms with Crippen LogP contribution in [0, 0.1) is 0 Å². The zero-order chi connectivity index (χ0) is 29.3. The summed E-state index contributed by atoms with van der Waals surface area (Å²) in [4.78, 5) is 36.1. The maximum atomic E-state index is 12.1. The molecular formula is C32H28N4O4S2. The van der Waals surface area contributed by atoms with E-state index in [0.717, 1.165) is 31.8 Å². The topological polar surface area (TPSA) is 84.9 Å². The lowest BCUT2D eigenvalue weighted by molar-refractivity contribution is -0.121. The molecule has 2 amide bonds. The summed E-state index contributed by atoms with van der Waals surface area (Å²) in [6, 6.07) is 34.6. The number of carbonyl (C=O) groups is 2. The number of amides is 2. The highest BCUT2D eigenvalue weighted by Gasteiger charge is 2.14. The Labute approximate surface area is 251 Å². The SMILES string of the molecule is CN(C(=O)COc1nc2ccccc2s1)c1ccccc1.CN(C(=O)COc1nc2ccccc2s1)c1ccccc1. The number of anilines is 2. The molecule has 0 unspecified atom stereocenters. The highest BCUT2D eigenvalue weighted by molar-refractivity contribution is 7.20. The average molecular weight is 597 g/mol. The summed E-state index contributed by atoms with van der Waals surface area (Å²) in [5, 5.41) is 1.04. The van der Waals surface area contributed by atoms with Crippen molar-refractivity contribution in [3.8, 4) is 10.4 Å². The molecule has 0 aliphatic heterocycles. The highest BCUT2D eigenvalue weighted by atomic mass is 32.1. The number of hydrogen-bond acceptors (Lipinski definition) is 8. The van der Waals surface area contributed by atoms with E-state index in [2.05, 4.69) is 9.97 Å². The number of thiazole rings is 2. The quantitative estimate of drug-likeness (QED) is 0.195. The molecule has 0 aliphatic rings. The van der Waals surface area contributed by atoms with Crippen molar-refractivity contribution in [3.05, 3.63) is 109 Å². The second-order valence-electron chi connectivity index (χ2n) is 9.05. The summed E-state index contributed by atoms with van der Waals surface area (Å²) in [6.07, 6.45) is 0. The number of ether oxygens (including phenoxy) is 2. The van der Waals surface area contributed by atoms with Crippen molar-refractivity contribution < 1.29 is 19.1 Å². The lowest BCUT2D eigenvalue weighted by atomic mass is 10.3. The Morgan fingerprint density at radius 1 is 0.571 bits per heavy atom. The van der Waals surface area contributed by atoms with Crippen LogP contribution in [-0.4, -0.2) is 49.1 Å². The lowest BCUT2D eigenvalue weighted by Crippen LogP contribution is -2.31. The third kappa shape index (κ3) is 7.28. The fourth-order valence-electron chi connectivity index (χ4n) is 3.86. The van der Waals surface area contributed by atoms with E-state index in [1.807, 2.05) is 109 Å². The largest absolute Gasteiger partial charge is 0.460 e. The number of benzene rings is 4. The molecule has 2 aromatic heterocycles. The van der Waals surface area contributed by atoms with Gasteiger partial charge in [0.2, 0.25) is 0 Å². The summed E-state index contributed by atoms with van der Waals surface area (Å²) in [6.45, 7) is -0.0452. The van der Waals surface area contributed by atoms with Crippen LogP contribution in [0.1, 0.15) is 0 Å². The van der Waals surface area contributed by atoms with Gasteiger partial charge in [0.1, 0.15) is 0 Å². The number of rotatable bonds is 8. The monoisotopic (exact) mass is 596 g/mol. The minimum atomic E-state index is -0.111. The lowest BCUT2D eigenvalue weighted by Gasteiger charge is -2.16. The molecular weight excluding hydrogens is 569 g/mol. The molecule has 0 spiro atoms. The number of hydrogen-bond donors (Lipinski definition) is 0. The molecule has 8 nitrogen and oxygen atoms in total. The van der Waals surface area contributed by atoms with Crippen molar-refractivity contribution in [2.75, 3.05) is 37.1 Å². The van der Waals surface area contributed by atoms with Crippen LogP contribution in [0.4, 0.5) is 11.4 Å². The Balaban J connectivity index is 0.000000168. The van der Waals surface area contributed by atoms with Crippen LogP contribution in [-0.2, 0) is 9.59 Å². The van der Waals surface area contributed by atoms with Gasteiger partial charge in [-0.1, -0.05) is 83.3 Å². The predicted molar refractivity (Wildman–Crippen MR) is 170 cm³/mol. The van der Waals surface area contributed by atoms with Crippen LogP contribution < -0.4 is 19.3 Å². The molecule has 0 atom stereocenters.